The standard InChI is InChI=1S/C16H26N2O/c1-4-14(13-8-5-6-9-15(13)19)17-12-16(18(2)3)10-7-11-16/h5-6,8-9,14,17,19H,4,7,10-12H2,1-3H3. The Hall–Kier alpha value is -1.06. The molecule has 2 rings (SSSR count). The highest BCUT2D eigenvalue weighted by atomic mass is 16.3. The summed E-state index contributed by atoms with van der Waals surface area (Å²) in [6, 6.07) is 7.88. The van der Waals surface area contributed by atoms with E-state index in [2.05, 4.69) is 31.2 Å². The number of benzene rings is 1. The van der Waals surface area contributed by atoms with Crippen molar-refractivity contribution in [3.05, 3.63) is 29.8 Å². The third kappa shape index (κ3) is 2.93. The second-order valence-electron chi connectivity index (χ2n) is 5.87. The van der Waals surface area contributed by atoms with Crippen LogP contribution in [0.15, 0.2) is 24.3 Å². The Morgan fingerprint density at radius 3 is 2.47 bits per heavy atom. The SMILES string of the molecule is CCC(NCC1(N(C)C)CCC1)c1ccccc1O. The van der Waals surface area contributed by atoms with Crippen LogP contribution in [0.4, 0.5) is 0 Å². The van der Waals surface area contributed by atoms with E-state index in [9.17, 15) is 5.11 Å². The van der Waals surface area contributed by atoms with Gasteiger partial charge in [-0.1, -0.05) is 25.1 Å². The fraction of sp³-hybridized carbons (Fsp3) is 0.625. The molecular formula is C16H26N2O. The molecule has 0 bridgehead atoms. The van der Waals surface area contributed by atoms with Crippen molar-refractivity contribution in [2.24, 2.45) is 0 Å². The number of phenolic OH excluding ortho intramolecular Hbond substituents is 1. The molecule has 0 heterocycles. The first-order chi connectivity index (χ1) is 9.09. The predicted octanol–water partition coefficient (Wildman–Crippen LogP) is 2.92. The largest absolute Gasteiger partial charge is 0.508 e. The minimum Gasteiger partial charge on any atom is -0.508 e. The molecule has 2 N–H and O–H groups in total. The zero-order valence-electron chi connectivity index (χ0n) is 12.3. The van der Waals surface area contributed by atoms with E-state index >= 15 is 0 Å². The molecule has 0 aliphatic heterocycles. The molecule has 1 aromatic rings. The molecule has 3 heteroatoms. The van der Waals surface area contributed by atoms with Gasteiger partial charge in [-0.2, -0.15) is 0 Å². The van der Waals surface area contributed by atoms with Gasteiger partial charge in [-0.3, -0.25) is 0 Å². The van der Waals surface area contributed by atoms with Gasteiger partial charge in [-0.15, -0.1) is 0 Å². The minimum atomic E-state index is 0.235. The molecule has 1 saturated carbocycles. The van der Waals surface area contributed by atoms with E-state index in [1.807, 2.05) is 18.2 Å². The highest BCUT2D eigenvalue weighted by Gasteiger charge is 2.39. The van der Waals surface area contributed by atoms with E-state index in [-0.39, 0.29) is 6.04 Å². The van der Waals surface area contributed by atoms with Crippen LogP contribution >= 0.6 is 0 Å². The highest BCUT2D eigenvalue weighted by Crippen LogP contribution is 2.36. The van der Waals surface area contributed by atoms with Crippen molar-refractivity contribution in [2.45, 2.75) is 44.2 Å². The number of hydrogen-bond acceptors (Lipinski definition) is 3. The molecule has 1 atom stereocenters. The predicted molar refractivity (Wildman–Crippen MR) is 79.4 cm³/mol. The topological polar surface area (TPSA) is 35.5 Å². The number of para-hydroxylation sites is 1. The average molecular weight is 262 g/mol. The number of aromatic hydroxyl groups is 1. The van der Waals surface area contributed by atoms with Gasteiger partial charge in [0, 0.05) is 23.7 Å². The Labute approximate surface area is 116 Å². The summed E-state index contributed by atoms with van der Waals surface area (Å²) in [5, 5.41) is 13.6. The van der Waals surface area contributed by atoms with Crippen molar-refractivity contribution >= 4 is 0 Å². The lowest BCUT2D eigenvalue weighted by Crippen LogP contribution is -2.56. The van der Waals surface area contributed by atoms with Gasteiger partial charge in [0.1, 0.15) is 5.75 Å². The maximum Gasteiger partial charge on any atom is 0.120 e. The summed E-state index contributed by atoms with van der Waals surface area (Å²) in [5.74, 6) is 0.398. The van der Waals surface area contributed by atoms with Crippen LogP contribution in [0.3, 0.4) is 0 Å². The van der Waals surface area contributed by atoms with E-state index < -0.39 is 0 Å². The first-order valence-corrected chi connectivity index (χ1v) is 7.28. The van der Waals surface area contributed by atoms with Gasteiger partial charge < -0.3 is 15.3 Å². The van der Waals surface area contributed by atoms with Gasteiger partial charge in [-0.25, -0.2) is 0 Å². The van der Waals surface area contributed by atoms with Crippen LogP contribution in [0.25, 0.3) is 0 Å². The highest BCUT2D eigenvalue weighted by molar-refractivity contribution is 5.34. The lowest BCUT2D eigenvalue weighted by Gasteiger charge is -2.48. The number of nitrogens with zero attached hydrogens (tertiary/aromatic N) is 1. The second-order valence-corrected chi connectivity index (χ2v) is 5.87. The quantitative estimate of drug-likeness (QED) is 0.827. The fourth-order valence-corrected chi connectivity index (χ4v) is 2.94. The maximum absolute atomic E-state index is 9.97. The molecule has 0 aromatic heterocycles. The van der Waals surface area contributed by atoms with Crippen molar-refractivity contribution < 1.29 is 5.11 Å². The monoisotopic (exact) mass is 262 g/mol. The smallest absolute Gasteiger partial charge is 0.120 e. The minimum absolute atomic E-state index is 0.235. The van der Waals surface area contributed by atoms with Gasteiger partial charge >= 0.3 is 0 Å². The Morgan fingerprint density at radius 1 is 1.32 bits per heavy atom. The van der Waals surface area contributed by atoms with Crippen LogP contribution < -0.4 is 5.32 Å². The van der Waals surface area contributed by atoms with Crippen LogP contribution in [0.2, 0.25) is 0 Å². The summed E-state index contributed by atoms with van der Waals surface area (Å²) in [7, 11) is 4.34. The zero-order chi connectivity index (χ0) is 13.9. The molecule has 1 fully saturated rings. The molecule has 1 aliphatic rings. The van der Waals surface area contributed by atoms with Crippen LogP contribution in [0.1, 0.15) is 44.2 Å². The first kappa shape index (κ1) is 14.4. The summed E-state index contributed by atoms with van der Waals surface area (Å²) < 4.78 is 0. The zero-order valence-corrected chi connectivity index (χ0v) is 12.3. The Balaban J connectivity index is 2.02. The van der Waals surface area contributed by atoms with E-state index in [0.717, 1.165) is 18.5 Å². The number of likely N-dealkylation sites (N-methyl/N-ethyl adjacent to an activating group) is 1. The van der Waals surface area contributed by atoms with Crippen molar-refractivity contribution in [3.63, 3.8) is 0 Å². The lowest BCUT2D eigenvalue weighted by molar-refractivity contribution is 0.0568. The van der Waals surface area contributed by atoms with Gasteiger partial charge in [0.2, 0.25) is 0 Å². The summed E-state index contributed by atoms with van der Waals surface area (Å²) in [6.07, 6.45) is 4.85. The van der Waals surface area contributed by atoms with Crippen molar-refractivity contribution in [3.8, 4) is 5.75 Å². The van der Waals surface area contributed by atoms with Crippen LogP contribution in [-0.2, 0) is 0 Å². The Kier molecular flexibility index (Phi) is 4.48. The average Bonchev–Trinajstić information content (AvgIpc) is 2.33. The van der Waals surface area contributed by atoms with Crippen molar-refractivity contribution in [1.29, 1.82) is 0 Å². The molecule has 0 saturated heterocycles. The number of phenols is 1. The molecule has 19 heavy (non-hydrogen) atoms. The van der Waals surface area contributed by atoms with E-state index in [0.29, 0.717) is 11.3 Å². The van der Waals surface area contributed by atoms with E-state index in [4.69, 9.17) is 0 Å². The molecule has 0 radical (unpaired) electrons. The van der Waals surface area contributed by atoms with Crippen molar-refractivity contribution in [1.82, 2.24) is 10.2 Å². The fourth-order valence-electron chi connectivity index (χ4n) is 2.94. The van der Waals surface area contributed by atoms with Gasteiger partial charge in [0.25, 0.3) is 0 Å². The number of rotatable bonds is 6. The molecular weight excluding hydrogens is 236 g/mol. The van der Waals surface area contributed by atoms with Crippen molar-refractivity contribution in [2.75, 3.05) is 20.6 Å². The lowest BCUT2D eigenvalue weighted by atomic mass is 9.75. The third-order valence-electron chi connectivity index (χ3n) is 4.63. The molecule has 1 aliphatic carbocycles. The molecule has 1 unspecified atom stereocenters. The molecule has 1 aromatic carbocycles. The van der Waals surface area contributed by atoms with Crippen LogP contribution in [-0.4, -0.2) is 36.2 Å². The Morgan fingerprint density at radius 2 is 2.00 bits per heavy atom. The van der Waals surface area contributed by atoms with E-state index in [1.165, 1.54) is 19.3 Å². The first-order valence-electron chi connectivity index (χ1n) is 7.28. The second kappa shape index (κ2) is 5.93. The molecule has 106 valence electrons. The maximum atomic E-state index is 9.97. The third-order valence-corrected chi connectivity index (χ3v) is 4.63. The van der Waals surface area contributed by atoms with Crippen LogP contribution in [0.5, 0.6) is 5.75 Å². The molecule has 3 nitrogen and oxygen atoms in total. The van der Waals surface area contributed by atoms with Gasteiger partial charge in [-0.05, 0) is 45.8 Å². The Bertz CT molecular complexity index is 413. The van der Waals surface area contributed by atoms with E-state index in [1.54, 1.807) is 6.07 Å². The summed E-state index contributed by atoms with van der Waals surface area (Å²) >= 11 is 0. The summed E-state index contributed by atoms with van der Waals surface area (Å²) in [4.78, 5) is 2.35. The summed E-state index contributed by atoms with van der Waals surface area (Å²) in [5.41, 5.74) is 1.33. The normalized spacial score (nSPS) is 19.2. The number of hydrogen-bond donors (Lipinski definition) is 2. The molecule has 0 spiro atoms. The number of nitrogens with one attached hydrogen (secondary N) is 1. The summed E-state index contributed by atoms with van der Waals surface area (Å²) in [6.45, 7) is 3.15. The van der Waals surface area contributed by atoms with Gasteiger partial charge in [0.15, 0.2) is 0 Å². The van der Waals surface area contributed by atoms with Gasteiger partial charge in [0.05, 0.1) is 0 Å². The molecule has 0 amide bonds. The van der Waals surface area contributed by atoms with Crippen LogP contribution in [0, 0.1) is 0 Å².